The molecule has 0 aliphatic heterocycles. The van der Waals surface area contributed by atoms with E-state index in [-0.39, 0.29) is 5.41 Å². The summed E-state index contributed by atoms with van der Waals surface area (Å²) in [5.41, 5.74) is 8.80. The van der Waals surface area contributed by atoms with Crippen molar-refractivity contribution in [2.45, 2.75) is 40.0 Å². The molecular formula is C21H25N2O3+. The molecule has 5 heteroatoms. The lowest BCUT2D eigenvalue weighted by atomic mass is 9.71. The minimum absolute atomic E-state index is 0.207. The molecule has 5 nitrogen and oxygen atoms in total. The first-order valence-electron chi connectivity index (χ1n) is 9.07. The van der Waals surface area contributed by atoms with Crippen molar-refractivity contribution in [1.29, 1.82) is 0 Å². The standard InChI is InChI=1S/C21H24N2O3/c1-21(2,3)11-8-9-14-13(10-11)16-12-6-5-7-15(25-4)18(12)26-20(24)17(16)19(22)23-14/h5-7,11H,8-10H2,1-4H3,(H2,22,23)/p+1. The minimum Gasteiger partial charge on any atom is -0.493 e. The number of rotatable bonds is 1. The van der Waals surface area contributed by atoms with Crippen LogP contribution in [-0.2, 0) is 12.8 Å². The normalized spacial score (nSPS) is 17.5. The second-order valence-corrected chi connectivity index (χ2v) is 8.28. The van der Waals surface area contributed by atoms with Crippen LogP contribution in [-0.4, -0.2) is 7.11 Å². The predicted octanol–water partition coefficient (Wildman–Crippen LogP) is 3.50. The van der Waals surface area contributed by atoms with E-state index in [1.807, 2.05) is 12.1 Å². The number of aromatic nitrogens is 1. The molecule has 4 rings (SSSR count). The number of benzene rings is 1. The highest BCUT2D eigenvalue weighted by atomic mass is 16.5. The highest BCUT2D eigenvalue weighted by Crippen LogP contribution is 2.41. The Morgan fingerprint density at radius 1 is 1.27 bits per heavy atom. The molecule has 0 fully saturated rings. The summed E-state index contributed by atoms with van der Waals surface area (Å²) in [6, 6.07) is 5.70. The first kappa shape index (κ1) is 16.9. The van der Waals surface area contributed by atoms with E-state index in [2.05, 4.69) is 25.8 Å². The van der Waals surface area contributed by atoms with Gasteiger partial charge in [-0.15, -0.1) is 0 Å². The molecule has 0 saturated carbocycles. The lowest BCUT2D eigenvalue weighted by molar-refractivity contribution is -0.373. The largest absolute Gasteiger partial charge is 0.493 e. The van der Waals surface area contributed by atoms with Crippen molar-refractivity contribution in [3.05, 3.63) is 39.9 Å². The van der Waals surface area contributed by atoms with Crippen LogP contribution in [0.3, 0.4) is 0 Å². The Bertz CT molecular complexity index is 1080. The van der Waals surface area contributed by atoms with Gasteiger partial charge in [-0.3, -0.25) is 5.73 Å². The van der Waals surface area contributed by atoms with E-state index < -0.39 is 5.63 Å². The van der Waals surface area contributed by atoms with Gasteiger partial charge in [0, 0.05) is 22.8 Å². The van der Waals surface area contributed by atoms with E-state index in [4.69, 9.17) is 14.9 Å². The zero-order chi connectivity index (χ0) is 18.6. The third-order valence-corrected chi connectivity index (χ3v) is 5.76. The third-order valence-electron chi connectivity index (χ3n) is 5.76. The maximum atomic E-state index is 12.7. The van der Waals surface area contributed by atoms with Gasteiger partial charge >= 0.3 is 5.63 Å². The van der Waals surface area contributed by atoms with Gasteiger partial charge < -0.3 is 9.15 Å². The Hall–Kier alpha value is -2.56. The number of nitrogen functional groups attached to an aromatic ring is 1. The number of aryl methyl sites for hydroxylation is 1. The Morgan fingerprint density at radius 3 is 2.73 bits per heavy atom. The van der Waals surface area contributed by atoms with Crippen LogP contribution in [0.4, 0.5) is 5.82 Å². The maximum absolute atomic E-state index is 12.7. The van der Waals surface area contributed by atoms with E-state index in [1.54, 1.807) is 13.2 Å². The number of ether oxygens (including phenoxy) is 1. The van der Waals surface area contributed by atoms with Crippen LogP contribution in [0.5, 0.6) is 5.75 Å². The van der Waals surface area contributed by atoms with Gasteiger partial charge in [-0.05, 0) is 30.2 Å². The van der Waals surface area contributed by atoms with E-state index >= 15 is 0 Å². The SMILES string of the molecule is COc1cccc2c1oc(=O)c1c(N)[nH+]c3c(c12)CC(C(C)(C)C)CC3. The zero-order valence-electron chi connectivity index (χ0n) is 15.7. The topological polar surface area (TPSA) is 79.6 Å². The van der Waals surface area contributed by atoms with Crippen molar-refractivity contribution in [2.24, 2.45) is 11.3 Å². The fraction of sp³-hybridized carbons (Fsp3) is 0.429. The summed E-state index contributed by atoms with van der Waals surface area (Å²) in [4.78, 5) is 16.0. The summed E-state index contributed by atoms with van der Waals surface area (Å²) in [7, 11) is 1.58. The van der Waals surface area contributed by atoms with Crippen molar-refractivity contribution >= 4 is 27.6 Å². The molecule has 1 aromatic carbocycles. The number of para-hydroxylation sites is 1. The second-order valence-electron chi connectivity index (χ2n) is 8.28. The van der Waals surface area contributed by atoms with Gasteiger partial charge in [0.15, 0.2) is 16.7 Å². The average Bonchev–Trinajstić information content (AvgIpc) is 2.59. The van der Waals surface area contributed by atoms with E-state index in [0.29, 0.717) is 28.5 Å². The molecule has 2 aromatic heterocycles. The van der Waals surface area contributed by atoms with Crippen molar-refractivity contribution in [3.63, 3.8) is 0 Å². The number of hydrogen-bond acceptors (Lipinski definition) is 4. The van der Waals surface area contributed by atoms with Crippen molar-refractivity contribution < 1.29 is 14.1 Å². The van der Waals surface area contributed by atoms with Crippen LogP contribution in [0.15, 0.2) is 27.4 Å². The lowest BCUT2D eigenvalue weighted by Gasteiger charge is -2.34. The number of methoxy groups -OCH3 is 1. The van der Waals surface area contributed by atoms with E-state index in [0.717, 1.165) is 35.7 Å². The van der Waals surface area contributed by atoms with Crippen molar-refractivity contribution in [2.75, 3.05) is 12.8 Å². The molecule has 0 radical (unpaired) electrons. The smallest absolute Gasteiger partial charge is 0.352 e. The molecule has 136 valence electrons. The summed E-state index contributed by atoms with van der Waals surface area (Å²) >= 11 is 0. The molecule has 0 saturated heterocycles. The van der Waals surface area contributed by atoms with Crippen LogP contribution in [0, 0.1) is 11.3 Å². The fourth-order valence-electron chi connectivity index (χ4n) is 4.21. The Labute approximate surface area is 152 Å². The van der Waals surface area contributed by atoms with Crippen LogP contribution < -0.4 is 21.1 Å². The summed E-state index contributed by atoms with van der Waals surface area (Å²) in [6.45, 7) is 6.84. The van der Waals surface area contributed by atoms with Gasteiger partial charge in [-0.2, -0.15) is 0 Å². The number of nitrogens with one attached hydrogen (secondary N) is 1. The van der Waals surface area contributed by atoms with Crippen LogP contribution in [0.25, 0.3) is 21.7 Å². The molecular weight excluding hydrogens is 328 g/mol. The summed E-state index contributed by atoms with van der Waals surface area (Å²) in [5.74, 6) is 1.49. The number of fused-ring (bicyclic) bond motifs is 5. The highest BCUT2D eigenvalue weighted by Gasteiger charge is 2.33. The average molecular weight is 353 g/mol. The van der Waals surface area contributed by atoms with Crippen LogP contribution in [0.2, 0.25) is 0 Å². The van der Waals surface area contributed by atoms with Crippen LogP contribution in [0.1, 0.15) is 38.4 Å². The molecule has 3 aromatic rings. The van der Waals surface area contributed by atoms with Gasteiger partial charge in [0.25, 0.3) is 5.82 Å². The van der Waals surface area contributed by atoms with Gasteiger partial charge in [-0.1, -0.05) is 32.9 Å². The molecule has 1 unspecified atom stereocenters. The van der Waals surface area contributed by atoms with Gasteiger partial charge in [-0.25, -0.2) is 9.78 Å². The molecule has 1 aliphatic carbocycles. The van der Waals surface area contributed by atoms with Crippen molar-refractivity contribution in [3.8, 4) is 5.75 Å². The summed E-state index contributed by atoms with van der Waals surface area (Å²) in [5, 5.41) is 2.24. The molecule has 0 spiro atoms. The highest BCUT2D eigenvalue weighted by molar-refractivity contribution is 6.10. The molecule has 2 heterocycles. The minimum atomic E-state index is -0.425. The molecule has 26 heavy (non-hydrogen) atoms. The van der Waals surface area contributed by atoms with Crippen LogP contribution >= 0.6 is 0 Å². The molecule has 1 aliphatic rings. The third kappa shape index (κ3) is 2.45. The Morgan fingerprint density at radius 2 is 2.04 bits per heavy atom. The first-order valence-corrected chi connectivity index (χ1v) is 9.07. The van der Waals surface area contributed by atoms with E-state index in [9.17, 15) is 4.79 Å². The first-order chi connectivity index (χ1) is 12.3. The monoisotopic (exact) mass is 353 g/mol. The fourth-order valence-corrected chi connectivity index (χ4v) is 4.21. The second kappa shape index (κ2) is 5.73. The number of anilines is 1. The maximum Gasteiger partial charge on any atom is 0.352 e. The zero-order valence-corrected chi connectivity index (χ0v) is 15.7. The number of aromatic amines is 1. The number of hydrogen-bond donors (Lipinski definition) is 1. The molecule has 0 bridgehead atoms. The Kier molecular flexibility index (Phi) is 3.72. The number of pyridine rings is 1. The van der Waals surface area contributed by atoms with Gasteiger partial charge in [0.1, 0.15) is 5.69 Å². The Balaban J connectivity index is 2.13. The number of nitrogens with two attached hydrogens (primary N) is 1. The predicted molar refractivity (Wildman–Crippen MR) is 102 cm³/mol. The van der Waals surface area contributed by atoms with Gasteiger partial charge in [0.2, 0.25) is 0 Å². The number of H-pyrrole nitrogens is 1. The van der Waals surface area contributed by atoms with E-state index in [1.165, 1.54) is 5.56 Å². The van der Waals surface area contributed by atoms with Gasteiger partial charge in [0.05, 0.1) is 7.11 Å². The quantitative estimate of drug-likeness (QED) is 0.536. The molecule has 0 amide bonds. The summed E-state index contributed by atoms with van der Waals surface area (Å²) < 4.78 is 11.0. The molecule has 3 N–H and O–H groups in total. The molecule has 1 atom stereocenters. The summed E-state index contributed by atoms with van der Waals surface area (Å²) in [6.07, 6.45) is 2.96. The van der Waals surface area contributed by atoms with Crippen molar-refractivity contribution in [1.82, 2.24) is 0 Å². The lowest BCUT2D eigenvalue weighted by Crippen LogP contribution is -2.32.